The second kappa shape index (κ2) is 7.26. The van der Waals surface area contributed by atoms with Crippen molar-refractivity contribution in [2.24, 2.45) is 11.7 Å². The predicted molar refractivity (Wildman–Crippen MR) is 78.6 cm³/mol. The van der Waals surface area contributed by atoms with Crippen LogP contribution in [0.4, 0.5) is 18.0 Å². The number of primary amides is 1. The monoisotopic (exact) mass is 333 g/mol. The van der Waals surface area contributed by atoms with Gasteiger partial charge in [-0.2, -0.15) is 13.2 Å². The number of ether oxygens (including phenoxy) is 1. The summed E-state index contributed by atoms with van der Waals surface area (Å²) in [7, 11) is 0. The molecular formula is C15H18F3NO2S. The van der Waals surface area contributed by atoms with Crippen LogP contribution in [-0.2, 0) is 10.9 Å². The minimum atomic E-state index is -4.30. The molecule has 2 N–H and O–H groups in total. The van der Waals surface area contributed by atoms with Crippen molar-refractivity contribution in [1.29, 1.82) is 0 Å². The lowest BCUT2D eigenvalue weighted by molar-refractivity contribution is -0.137. The van der Waals surface area contributed by atoms with Crippen LogP contribution in [0.2, 0.25) is 0 Å². The van der Waals surface area contributed by atoms with Gasteiger partial charge < -0.3 is 10.5 Å². The van der Waals surface area contributed by atoms with E-state index in [9.17, 15) is 18.0 Å². The van der Waals surface area contributed by atoms with Crippen LogP contribution in [0.15, 0.2) is 29.2 Å². The van der Waals surface area contributed by atoms with Gasteiger partial charge >= 0.3 is 12.3 Å². The quantitative estimate of drug-likeness (QED) is 0.828. The summed E-state index contributed by atoms with van der Waals surface area (Å²) in [6, 6.07) is 5.40. The van der Waals surface area contributed by atoms with Crippen LogP contribution >= 0.6 is 11.8 Å². The fourth-order valence-corrected chi connectivity index (χ4v) is 3.70. The van der Waals surface area contributed by atoms with Gasteiger partial charge in [-0.1, -0.05) is 6.07 Å². The molecule has 1 saturated carbocycles. The number of benzene rings is 1. The first-order chi connectivity index (χ1) is 10.3. The van der Waals surface area contributed by atoms with E-state index in [-0.39, 0.29) is 6.10 Å². The fraction of sp³-hybridized carbons (Fsp3) is 0.533. The van der Waals surface area contributed by atoms with Crippen molar-refractivity contribution in [1.82, 2.24) is 0 Å². The Morgan fingerprint density at radius 2 is 1.95 bits per heavy atom. The van der Waals surface area contributed by atoms with Gasteiger partial charge in [0, 0.05) is 10.6 Å². The maximum Gasteiger partial charge on any atom is 0.416 e. The molecule has 0 saturated heterocycles. The first kappa shape index (κ1) is 17.0. The summed E-state index contributed by atoms with van der Waals surface area (Å²) in [6.45, 7) is 0. The molecule has 3 nitrogen and oxygen atoms in total. The van der Waals surface area contributed by atoms with E-state index in [0.717, 1.165) is 37.5 Å². The van der Waals surface area contributed by atoms with Gasteiger partial charge in [0.1, 0.15) is 6.10 Å². The average molecular weight is 333 g/mol. The van der Waals surface area contributed by atoms with E-state index in [1.807, 2.05) is 0 Å². The molecule has 0 bridgehead atoms. The van der Waals surface area contributed by atoms with Crippen molar-refractivity contribution in [3.8, 4) is 0 Å². The number of alkyl halides is 3. The van der Waals surface area contributed by atoms with Gasteiger partial charge in [-0.05, 0) is 49.8 Å². The summed E-state index contributed by atoms with van der Waals surface area (Å²) in [5.41, 5.74) is 4.37. The summed E-state index contributed by atoms with van der Waals surface area (Å²) in [5, 5.41) is 0. The molecule has 1 aromatic carbocycles. The molecule has 22 heavy (non-hydrogen) atoms. The summed E-state index contributed by atoms with van der Waals surface area (Å²) in [6.07, 6.45) is -1.86. The number of thioether (sulfide) groups is 1. The molecule has 0 aromatic heterocycles. The first-order valence-electron chi connectivity index (χ1n) is 7.10. The van der Waals surface area contributed by atoms with Crippen LogP contribution in [0.5, 0.6) is 0 Å². The number of carbonyl (C=O) groups is 1. The summed E-state index contributed by atoms with van der Waals surface area (Å²) in [5.74, 6) is 1.19. The van der Waals surface area contributed by atoms with Gasteiger partial charge in [-0.3, -0.25) is 0 Å². The lowest BCUT2D eigenvalue weighted by Crippen LogP contribution is -2.27. The number of amides is 1. The van der Waals surface area contributed by atoms with Crippen LogP contribution in [0.25, 0.3) is 0 Å². The minimum Gasteiger partial charge on any atom is -0.446 e. The molecule has 1 aliphatic carbocycles. The van der Waals surface area contributed by atoms with E-state index in [1.165, 1.54) is 23.9 Å². The Morgan fingerprint density at radius 3 is 2.55 bits per heavy atom. The zero-order valence-corrected chi connectivity index (χ0v) is 12.8. The number of nitrogens with two attached hydrogens (primary N) is 1. The van der Waals surface area contributed by atoms with E-state index in [0.29, 0.717) is 10.8 Å². The SMILES string of the molecule is NC(=O)O[C@H]1CC[C@H](CSc2cccc(C(F)(F)F)c2)CC1. The zero-order chi connectivity index (χ0) is 16.2. The highest BCUT2D eigenvalue weighted by Gasteiger charge is 2.30. The summed E-state index contributed by atoms with van der Waals surface area (Å²) < 4.78 is 42.9. The average Bonchev–Trinajstić information content (AvgIpc) is 2.45. The van der Waals surface area contributed by atoms with Crippen molar-refractivity contribution in [2.75, 3.05) is 5.75 Å². The normalized spacial score (nSPS) is 22.3. The molecule has 122 valence electrons. The Hall–Kier alpha value is -1.37. The molecule has 0 atom stereocenters. The molecule has 7 heteroatoms. The van der Waals surface area contributed by atoms with Crippen molar-refractivity contribution < 1.29 is 22.7 Å². The molecule has 0 aliphatic heterocycles. The molecule has 1 amide bonds. The maximum atomic E-state index is 12.6. The number of hydrogen-bond acceptors (Lipinski definition) is 3. The highest BCUT2D eigenvalue weighted by molar-refractivity contribution is 7.99. The van der Waals surface area contributed by atoms with Crippen molar-refractivity contribution in [2.45, 2.75) is 42.9 Å². The standard InChI is InChI=1S/C15H18F3NO2S/c16-15(17,18)11-2-1-3-13(8-11)22-9-10-4-6-12(7-5-10)21-14(19)20/h1-3,8,10,12H,4-7,9H2,(H2,19,20)/t10-,12-. The van der Waals surface area contributed by atoms with E-state index in [4.69, 9.17) is 10.5 Å². The van der Waals surface area contributed by atoms with Crippen LogP contribution in [0.3, 0.4) is 0 Å². The van der Waals surface area contributed by atoms with Gasteiger partial charge in [0.25, 0.3) is 0 Å². The summed E-state index contributed by atoms with van der Waals surface area (Å²) >= 11 is 1.44. The van der Waals surface area contributed by atoms with Gasteiger partial charge in [0.2, 0.25) is 0 Å². The molecule has 0 heterocycles. The Labute approximate surface area is 131 Å². The lowest BCUT2D eigenvalue weighted by Gasteiger charge is -2.27. The van der Waals surface area contributed by atoms with Crippen molar-refractivity contribution in [3.05, 3.63) is 29.8 Å². The Morgan fingerprint density at radius 1 is 1.27 bits per heavy atom. The molecule has 1 fully saturated rings. The number of carbonyl (C=O) groups excluding carboxylic acids is 1. The molecule has 0 radical (unpaired) electrons. The topological polar surface area (TPSA) is 52.3 Å². The molecule has 2 rings (SSSR count). The largest absolute Gasteiger partial charge is 0.446 e. The van der Waals surface area contributed by atoms with Crippen LogP contribution in [0, 0.1) is 5.92 Å². The van der Waals surface area contributed by atoms with Gasteiger partial charge in [0.15, 0.2) is 0 Å². The molecule has 1 aliphatic rings. The van der Waals surface area contributed by atoms with E-state index >= 15 is 0 Å². The second-order valence-corrected chi connectivity index (χ2v) is 6.51. The van der Waals surface area contributed by atoms with Gasteiger partial charge in [-0.15, -0.1) is 11.8 Å². The second-order valence-electron chi connectivity index (χ2n) is 5.42. The van der Waals surface area contributed by atoms with E-state index in [1.54, 1.807) is 6.07 Å². The third-order valence-electron chi connectivity index (χ3n) is 3.72. The Kier molecular flexibility index (Phi) is 5.61. The van der Waals surface area contributed by atoms with Crippen molar-refractivity contribution >= 4 is 17.9 Å². The highest BCUT2D eigenvalue weighted by Crippen LogP contribution is 2.34. The van der Waals surface area contributed by atoms with E-state index in [2.05, 4.69) is 0 Å². The molecule has 1 aromatic rings. The highest BCUT2D eigenvalue weighted by atomic mass is 32.2. The fourth-order valence-electron chi connectivity index (χ4n) is 2.56. The molecular weight excluding hydrogens is 315 g/mol. The van der Waals surface area contributed by atoms with Crippen LogP contribution in [-0.4, -0.2) is 18.0 Å². The number of rotatable bonds is 4. The van der Waals surface area contributed by atoms with E-state index < -0.39 is 17.8 Å². The predicted octanol–water partition coefficient (Wildman–Crippen LogP) is 4.45. The maximum absolute atomic E-state index is 12.6. The van der Waals surface area contributed by atoms with Crippen LogP contribution in [0.1, 0.15) is 31.2 Å². The first-order valence-corrected chi connectivity index (χ1v) is 8.09. The number of hydrogen-bond donors (Lipinski definition) is 1. The lowest BCUT2D eigenvalue weighted by atomic mass is 9.89. The minimum absolute atomic E-state index is 0.118. The molecule has 0 unspecified atom stereocenters. The Balaban J connectivity index is 1.81. The smallest absolute Gasteiger partial charge is 0.416 e. The van der Waals surface area contributed by atoms with Crippen LogP contribution < -0.4 is 5.73 Å². The Bertz CT molecular complexity index is 514. The van der Waals surface area contributed by atoms with Crippen molar-refractivity contribution in [3.63, 3.8) is 0 Å². The van der Waals surface area contributed by atoms with Gasteiger partial charge in [-0.25, -0.2) is 4.79 Å². The van der Waals surface area contributed by atoms with Gasteiger partial charge in [0.05, 0.1) is 5.56 Å². The number of halogens is 3. The third-order valence-corrected chi connectivity index (χ3v) is 4.95. The zero-order valence-electron chi connectivity index (χ0n) is 11.9. The molecule has 0 spiro atoms. The third kappa shape index (κ3) is 5.12. The summed E-state index contributed by atoms with van der Waals surface area (Å²) in [4.78, 5) is 11.3.